The number of nitrogens with zero attached hydrogens (tertiary/aromatic N) is 16. The van der Waals surface area contributed by atoms with Crippen molar-refractivity contribution in [1.82, 2.24) is 89.6 Å². The van der Waals surface area contributed by atoms with E-state index in [-0.39, 0.29) is 58.0 Å². The number of aryl methyl sites for hydroxylation is 2. The molecule has 7 aromatic carbocycles. The van der Waals surface area contributed by atoms with E-state index in [1.54, 1.807) is 0 Å². The summed E-state index contributed by atoms with van der Waals surface area (Å²) in [5, 5.41) is 57.3. The van der Waals surface area contributed by atoms with Crippen molar-refractivity contribution in [2.75, 3.05) is 51.9 Å². The Morgan fingerprint density at radius 2 is 0.612 bits per heavy atom. The third-order valence-corrected chi connectivity index (χ3v) is 19.4. The van der Waals surface area contributed by atoms with Gasteiger partial charge >= 0.3 is 0 Å². The second-order valence-electron chi connectivity index (χ2n) is 32.3. The minimum atomic E-state index is -0.0881. The van der Waals surface area contributed by atoms with Crippen molar-refractivity contribution in [2.45, 2.75) is 212 Å². The lowest BCUT2D eigenvalue weighted by Crippen LogP contribution is -2.55. The van der Waals surface area contributed by atoms with Gasteiger partial charge in [-0.15, -0.1) is 0 Å². The van der Waals surface area contributed by atoms with E-state index in [9.17, 15) is 0 Å². The first-order valence-corrected chi connectivity index (χ1v) is 45.5. The van der Waals surface area contributed by atoms with Crippen molar-refractivity contribution >= 4 is 153 Å². The average molecular weight is 1940 g/mol. The molecule has 0 fully saturated rings. The van der Waals surface area contributed by atoms with Crippen LogP contribution >= 0.6 is 58.0 Å². The number of benzene rings is 7. The topological polar surface area (TPSA) is 436 Å². The SMILES string of the molecule is C.C.CC(C)NC1=NC(C)NC(=NCCc2ccc(Cl)cc2)N1.CC(C)NC1=NC(C)NC(=NCc2ccc(Cl)cc2)N1.CC1N=C(N(C)C)NC(=NCc2ccc(Cl)cc2)N1.CC1N=C(N)NC(=NCCc2ccc(Cl)cc2)N1.CC1N=C(N)NC(=NCc2ccc(Cl)cc2)N1.Cc1cccc(NC2=NC(C)N=C(N(C)C)N2)c1.Cc1cccc(NC2=NC(C)N=C(NC(C)C)N2)c1. The maximum absolute atomic E-state index is 5.87. The highest BCUT2D eigenvalue weighted by Crippen LogP contribution is 2.18. The minimum Gasteiger partial charge on any atom is -0.370 e. The molecule has 0 spiro atoms. The first kappa shape index (κ1) is 110. The molecule has 7 aliphatic rings. The lowest BCUT2D eigenvalue weighted by molar-refractivity contribution is 0.559. The van der Waals surface area contributed by atoms with Gasteiger partial charge in [-0.3, -0.25) is 47.2 Å². The smallest absolute Gasteiger partial charge is 0.204 e. The van der Waals surface area contributed by atoms with Gasteiger partial charge in [-0.25, -0.2) is 59.9 Å². The van der Waals surface area contributed by atoms with E-state index < -0.39 is 0 Å². The van der Waals surface area contributed by atoms with Crippen molar-refractivity contribution in [3.8, 4) is 0 Å². The summed E-state index contributed by atoms with van der Waals surface area (Å²) >= 11 is 29.2. The zero-order chi connectivity index (χ0) is 95.8. The Labute approximate surface area is 816 Å². The average Bonchev–Trinajstić information content (AvgIpc) is 0.848. The fourth-order valence-corrected chi connectivity index (χ4v) is 12.8. The molecule has 40 heteroatoms. The molecule has 14 rings (SSSR count). The lowest BCUT2D eigenvalue weighted by Gasteiger charge is -2.26. The molecule has 7 aliphatic heterocycles. The highest BCUT2D eigenvalue weighted by molar-refractivity contribution is 6.32. The van der Waals surface area contributed by atoms with Crippen LogP contribution in [0.1, 0.15) is 144 Å². The van der Waals surface area contributed by atoms with E-state index in [2.05, 4.69) is 240 Å². The number of anilines is 2. The summed E-state index contributed by atoms with van der Waals surface area (Å²) in [5.41, 5.74) is 21.4. The van der Waals surface area contributed by atoms with Crippen LogP contribution in [0.15, 0.2) is 240 Å². The van der Waals surface area contributed by atoms with Crippen molar-refractivity contribution < 1.29 is 0 Å². The zero-order valence-corrected chi connectivity index (χ0v) is 82.4. The van der Waals surface area contributed by atoms with E-state index in [4.69, 9.17) is 69.5 Å². The van der Waals surface area contributed by atoms with E-state index in [1.165, 1.54) is 22.3 Å². The Balaban J connectivity index is 0.000000240. The summed E-state index contributed by atoms with van der Waals surface area (Å²) in [4.78, 5) is 65.3. The van der Waals surface area contributed by atoms with Crippen molar-refractivity contribution in [3.05, 3.63) is 234 Å². The van der Waals surface area contributed by atoms with Gasteiger partial charge in [0, 0.05) is 95.9 Å². The Morgan fingerprint density at radius 1 is 0.328 bits per heavy atom. The summed E-state index contributed by atoms with van der Waals surface area (Å²) in [5.74, 6) is 9.65. The number of hydrogen-bond acceptors (Lipinski definition) is 25. The summed E-state index contributed by atoms with van der Waals surface area (Å²) in [6.45, 7) is 33.4. The highest BCUT2D eigenvalue weighted by atomic mass is 35.5. The van der Waals surface area contributed by atoms with Crippen molar-refractivity contribution in [1.29, 1.82) is 0 Å². The monoisotopic (exact) mass is 1930 g/mol. The number of aliphatic imine (C=N–C) groups is 14. The van der Waals surface area contributed by atoms with Gasteiger partial charge in [0.15, 0.2) is 59.6 Å². The van der Waals surface area contributed by atoms with Crippen LogP contribution in [0.4, 0.5) is 11.4 Å². The summed E-state index contributed by atoms with van der Waals surface area (Å²) < 4.78 is 0. The van der Waals surface area contributed by atoms with Crippen LogP contribution < -0.4 is 102 Å². The summed E-state index contributed by atoms with van der Waals surface area (Å²) in [7, 11) is 7.80. The molecule has 21 N–H and O–H groups in total. The molecule has 7 heterocycles. The molecule has 724 valence electrons. The van der Waals surface area contributed by atoms with Gasteiger partial charge in [0.05, 0.1) is 19.6 Å². The van der Waals surface area contributed by atoms with Crippen molar-refractivity contribution in [2.24, 2.45) is 81.4 Å². The molecule has 134 heavy (non-hydrogen) atoms. The second-order valence-corrected chi connectivity index (χ2v) is 34.5. The van der Waals surface area contributed by atoms with Gasteiger partial charge in [0.25, 0.3) is 0 Å². The van der Waals surface area contributed by atoms with Crippen LogP contribution in [0.25, 0.3) is 0 Å². The lowest BCUT2D eigenvalue weighted by atomic mass is 10.1. The molecule has 7 atom stereocenters. The molecular formula is C94H138Cl5N35. The number of nitrogens with two attached hydrogens (primary N) is 2. The molecule has 0 radical (unpaired) electrons. The maximum Gasteiger partial charge on any atom is 0.204 e. The predicted molar refractivity (Wildman–Crippen MR) is 567 cm³/mol. The largest absolute Gasteiger partial charge is 0.370 e. The quantitative estimate of drug-likeness (QED) is 0.0403. The molecule has 0 saturated carbocycles. The van der Waals surface area contributed by atoms with Gasteiger partial charge in [0.2, 0.25) is 23.8 Å². The Morgan fingerprint density at radius 3 is 0.955 bits per heavy atom. The fraction of sp³-hybridized carbons (Fsp3) is 0.404. The van der Waals surface area contributed by atoms with Gasteiger partial charge in [-0.2, -0.15) is 0 Å². The third-order valence-electron chi connectivity index (χ3n) is 18.1. The molecule has 0 saturated heterocycles. The number of halogens is 5. The molecule has 7 aromatic rings. The van der Waals surface area contributed by atoms with Crippen LogP contribution in [0.3, 0.4) is 0 Å². The molecule has 0 bridgehead atoms. The molecule has 0 aromatic heterocycles. The highest BCUT2D eigenvalue weighted by Gasteiger charge is 2.22. The van der Waals surface area contributed by atoms with Crippen LogP contribution in [0.2, 0.25) is 25.1 Å². The van der Waals surface area contributed by atoms with Gasteiger partial charge in [-0.1, -0.05) is 158 Å². The van der Waals surface area contributed by atoms with Crippen LogP contribution in [-0.4, -0.2) is 196 Å². The normalized spacial score (nSPS) is 19.8. The number of rotatable bonds is 17. The Kier molecular flexibility index (Phi) is 46.7. The number of hydrogen-bond donors (Lipinski definition) is 19. The van der Waals surface area contributed by atoms with Gasteiger partial charge in [-0.05, 0) is 241 Å². The number of nitrogens with one attached hydrogen (secondary N) is 17. The first-order valence-electron chi connectivity index (χ1n) is 43.6. The van der Waals surface area contributed by atoms with Crippen molar-refractivity contribution in [3.63, 3.8) is 0 Å². The standard InChI is InChI=1S/C15H22ClN5.C14H20ClN5.C14H21N5.C13H18ClN5.C13H19N5.C12H16ClN5.C11H14ClN5.2CH4/c1-10(2)18-15-20-11(3)19-14(21-15)17-9-8-12-4-6-13(16)7-5-12;1-9(2)17-14-19-10(3)18-13(20-14)16-8-11-4-6-12(15)7-5-11;1-9(2)15-13-16-11(4)17-14(19-13)18-12-7-5-6-10(3)8-12;1-9-16-12(18-13(17-9)19(2)3)15-8-10-4-6-11(14)7-5-10;1-9-6-5-7-11(8-9)16-12-14-10(2)15-13(17-12)18(3)4;1-8-16-11(14)18-12(17-8)15-7-6-9-2-4-10(13)5-3-9;1-7-15-10(13)17-11(16-7)14-6-8-2-4-9(12)5-3-8;;/h4-7,10-11H,8-9H2,1-3H3,(H3,17,18,19,20,21);4-7,9-10H,8H2,1-3H3,(H3,16,17,18,19,20);5-9,11H,1-4H3,(H3,15,16,17,18,19);4-7,9H,8H2,1-3H3,(H2,15,16,17,18);5-8,10H,1-4H3,(H2,14,15,16,17);2-5,8H,6-7H2,1H3,(H4,14,15,16,17,18);2-5,7H,6H2,1H3,(H4,13,14,15,16,17);2*1H4. The van der Waals surface area contributed by atoms with Gasteiger partial charge < -0.3 is 74.4 Å². The number of guanidine groups is 14. The van der Waals surface area contributed by atoms with E-state index in [0.717, 1.165) is 126 Å². The minimum absolute atomic E-state index is 0. The van der Waals surface area contributed by atoms with Crippen LogP contribution in [0.5, 0.6) is 0 Å². The molecular weight excluding hydrogens is 1800 g/mol. The van der Waals surface area contributed by atoms with E-state index in [0.29, 0.717) is 74.7 Å². The maximum atomic E-state index is 5.87. The van der Waals surface area contributed by atoms with E-state index in [1.807, 2.05) is 232 Å². The van der Waals surface area contributed by atoms with Crippen LogP contribution in [-0.2, 0) is 32.5 Å². The van der Waals surface area contributed by atoms with Crippen LogP contribution in [0, 0.1) is 13.8 Å². The summed E-state index contributed by atoms with van der Waals surface area (Å²) in [6, 6.07) is 55.9. The predicted octanol–water partition coefficient (Wildman–Crippen LogP) is 13.0. The Bertz CT molecular complexity index is 5260. The van der Waals surface area contributed by atoms with Gasteiger partial charge in [0.1, 0.15) is 43.2 Å². The second kappa shape index (κ2) is 56.9. The zero-order valence-electron chi connectivity index (χ0n) is 78.6. The molecule has 0 amide bonds. The first-order chi connectivity index (χ1) is 62.9. The Hall–Kier alpha value is -12.8. The molecule has 35 nitrogen and oxygen atoms in total. The fourth-order valence-electron chi connectivity index (χ4n) is 12.1. The summed E-state index contributed by atoms with van der Waals surface area (Å²) in [6.07, 6.45) is 1.51. The van der Waals surface area contributed by atoms with E-state index >= 15 is 0 Å². The molecule has 7 unspecified atom stereocenters. The molecule has 0 aliphatic carbocycles. The third kappa shape index (κ3) is 43.2.